The van der Waals surface area contributed by atoms with Crippen molar-refractivity contribution >= 4 is 37.5 Å². The number of rotatable bonds is 10. The quantitative estimate of drug-likeness (QED) is 0.181. The van der Waals surface area contributed by atoms with Gasteiger partial charge in [-0.25, -0.2) is 23.2 Å². The standard InChI is InChI=1S/C27H30F2N4O3Si.ClH/c1-37(2,3)8-7-36-16-33-25-14-22(18-5-4-6-19(12-18)27(34)35)26(32-24(25)15-31-33)23(30)11-17-9-20(28)13-21(29)10-17;/h4-6,9-10,12-15,23H,7-8,11,16,30H2,1-3H3,(H,34,35);1H. The molecule has 11 heteroatoms. The van der Waals surface area contributed by atoms with E-state index in [-0.39, 0.29) is 31.1 Å². The average molecular weight is 561 g/mol. The smallest absolute Gasteiger partial charge is 0.335 e. The Hall–Kier alpha value is -3.18. The number of hydrogen-bond acceptors (Lipinski definition) is 5. The van der Waals surface area contributed by atoms with Crippen molar-refractivity contribution in [3.8, 4) is 11.1 Å². The second-order valence-electron chi connectivity index (χ2n) is 10.3. The highest BCUT2D eigenvalue weighted by Gasteiger charge is 2.20. The van der Waals surface area contributed by atoms with Gasteiger partial charge in [-0.3, -0.25) is 0 Å². The number of aromatic carboxylic acids is 1. The first-order chi connectivity index (χ1) is 17.5. The molecule has 0 amide bonds. The number of fused-ring (bicyclic) bond motifs is 1. The van der Waals surface area contributed by atoms with Crippen molar-refractivity contribution < 1.29 is 23.4 Å². The van der Waals surface area contributed by atoms with Crippen molar-refractivity contribution in [3.05, 3.63) is 83.2 Å². The van der Waals surface area contributed by atoms with Gasteiger partial charge in [0, 0.05) is 26.3 Å². The minimum Gasteiger partial charge on any atom is -0.478 e. The molecule has 2 heterocycles. The molecule has 0 fully saturated rings. The van der Waals surface area contributed by atoms with Crippen LogP contribution in [0.15, 0.2) is 54.7 Å². The number of ether oxygens (including phenoxy) is 1. The molecule has 2 aromatic heterocycles. The number of carboxylic acids is 1. The number of pyridine rings is 1. The molecular formula is C27H31ClF2N4O3Si. The monoisotopic (exact) mass is 560 g/mol. The van der Waals surface area contributed by atoms with E-state index < -0.39 is 31.7 Å². The molecule has 0 aliphatic heterocycles. The number of aromatic nitrogens is 3. The summed E-state index contributed by atoms with van der Waals surface area (Å²) in [6.07, 6.45) is 1.75. The predicted octanol–water partition coefficient (Wildman–Crippen LogP) is 6.05. The predicted molar refractivity (Wildman–Crippen MR) is 148 cm³/mol. The van der Waals surface area contributed by atoms with Gasteiger partial charge in [0.1, 0.15) is 23.9 Å². The Morgan fingerprint density at radius 3 is 2.50 bits per heavy atom. The zero-order valence-corrected chi connectivity index (χ0v) is 23.3. The van der Waals surface area contributed by atoms with E-state index in [1.807, 2.05) is 6.07 Å². The largest absolute Gasteiger partial charge is 0.478 e. The Kier molecular flexibility index (Phi) is 9.37. The van der Waals surface area contributed by atoms with E-state index in [1.54, 1.807) is 29.1 Å². The number of nitrogens with zero attached hydrogens (tertiary/aromatic N) is 3. The minimum absolute atomic E-state index is 0. The summed E-state index contributed by atoms with van der Waals surface area (Å²) >= 11 is 0. The molecule has 0 saturated carbocycles. The van der Waals surface area contributed by atoms with Crippen molar-refractivity contribution in [1.82, 2.24) is 14.8 Å². The van der Waals surface area contributed by atoms with Crippen molar-refractivity contribution in [2.45, 2.75) is 44.9 Å². The maximum absolute atomic E-state index is 13.8. The van der Waals surface area contributed by atoms with Gasteiger partial charge in [0.25, 0.3) is 0 Å². The zero-order chi connectivity index (χ0) is 26.7. The number of carbonyl (C=O) groups is 1. The Labute approximate surface area is 227 Å². The van der Waals surface area contributed by atoms with Crippen LogP contribution in [-0.4, -0.2) is 40.5 Å². The Balaban J connectivity index is 0.00000400. The fourth-order valence-corrected chi connectivity index (χ4v) is 4.82. The van der Waals surface area contributed by atoms with E-state index in [9.17, 15) is 18.7 Å². The van der Waals surface area contributed by atoms with Gasteiger partial charge < -0.3 is 15.6 Å². The SMILES string of the molecule is C[Si](C)(C)CCOCn1ncc2nc(C(N)Cc3cc(F)cc(F)c3)c(-c3cccc(C(=O)O)c3)cc21.Cl. The highest BCUT2D eigenvalue weighted by molar-refractivity contribution is 6.76. The van der Waals surface area contributed by atoms with Crippen LogP contribution in [0.2, 0.25) is 25.7 Å². The summed E-state index contributed by atoms with van der Waals surface area (Å²) in [7, 11) is -1.24. The first kappa shape index (κ1) is 29.4. The first-order valence-electron chi connectivity index (χ1n) is 12.0. The molecule has 2 aromatic carbocycles. The number of hydrogen-bond donors (Lipinski definition) is 2. The highest BCUT2D eigenvalue weighted by atomic mass is 35.5. The van der Waals surface area contributed by atoms with Crippen LogP contribution in [0.5, 0.6) is 0 Å². The average Bonchev–Trinajstić information content (AvgIpc) is 3.21. The molecule has 7 nitrogen and oxygen atoms in total. The van der Waals surface area contributed by atoms with Crippen LogP contribution in [-0.2, 0) is 17.9 Å². The van der Waals surface area contributed by atoms with Crippen LogP contribution in [0.3, 0.4) is 0 Å². The summed E-state index contributed by atoms with van der Waals surface area (Å²) in [5.74, 6) is -2.43. The van der Waals surface area contributed by atoms with Gasteiger partial charge >= 0.3 is 5.97 Å². The number of benzene rings is 2. The van der Waals surface area contributed by atoms with Gasteiger partial charge in [-0.1, -0.05) is 31.8 Å². The van der Waals surface area contributed by atoms with Gasteiger partial charge in [-0.2, -0.15) is 5.10 Å². The zero-order valence-electron chi connectivity index (χ0n) is 21.4. The van der Waals surface area contributed by atoms with E-state index >= 15 is 0 Å². The third-order valence-corrected chi connectivity index (χ3v) is 7.72. The molecule has 0 spiro atoms. The molecule has 4 rings (SSSR count). The summed E-state index contributed by atoms with van der Waals surface area (Å²) < 4.78 is 35.1. The van der Waals surface area contributed by atoms with E-state index in [0.29, 0.717) is 40.0 Å². The Bertz CT molecular complexity index is 1420. The second-order valence-corrected chi connectivity index (χ2v) is 15.9. The van der Waals surface area contributed by atoms with Crippen molar-refractivity contribution in [2.24, 2.45) is 5.73 Å². The van der Waals surface area contributed by atoms with Crippen molar-refractivity contribution in [1.29, 1.82) is 0 Å². The molecule has 1 atom stereocenters. The van der Waals surface area contributed by atoms with Gasteiger partial charge in [0.15, 0.2) is 0 Å². The molecule has 1 unspecified atom stereocenters. The van der Waals surface area contributed by atoms with Crippen molar-refractivity contribution in [3.63, 3.8) is 0 Å². The van der Waals surface area contributed by atoms with Gasteiger partial charge in [0.2, 0.25) is 0 Å². The molecule has 0 aliphatic carbocycles. The normalized spacial score (nSPS) is 12.4. The molecule has 3 N–H and O–H groups in total. The van der Waals surface area contributed by atoms with Gasteiger partial charge in [-0.05, 0) is 53.9 Å². The topological polar surface area (TPSA) is 103 Å². The van der Waals surface area contributed by atoms with Crippen LogP contribution >= 0.6 is 12.4 Å². The summed E-state index contributed by atoms with van der Waals surface area (Å²) in [5, 5.41) is 13.9. The Morgan fingerprint density at radius 2 is 1.84 bits per heavy atom. The molecule has 0 saturated heterocycles. The lowest BCUT2D eigenvalue weighted by Crippen LogP contribution is -2.22. The van der Waals surface area contributed by atoms with Crippen LogP contribution in [0, 0.1) is 11.6 Å². The molecule has 4 aromatic rings. The summed E-state index contributed by atoms with van der Waals surface area (Å²) in [6, 6.07) is 11.9. The third kappa shape index (κ3) is 7.22. The molecular weight excluding hydrogens is 530 g/mol. The van der Waals surface area contributed by atoms with Crippen LogP contribution in [0.1, 0.15) is 27.7 Å². The lowest BCUT2D eigenvalue weighted by atomic mass is 9.94. The van der Waals surface area contributed by atoms with E-state index in [2.05, 4.69) is 24.7 Å². The lowest BCUT2D eigenvalue weighted by molar-refractivity contribution is 0.0697. The summed E-state index contributed by atoms with van der Waals surface area (Å²) in [5.41, 5.74) is 10.0. The molecule has 0 bridgehead atoms. The maximum atomic E-state index is 13.8. The van der Waals surface area contributed by atoms with Crippen LogP contribution in [0.4, 0.5) is 8.78 Å². The maximum Gasteiger partial charge on any atom is 0.335 e. The fourth-order valence-electron chi connectivity index (χ4n) is 4.07. The summed E-state index contributed by atoms with van der Waals surface area (Å²) in [4.78, 5) is 16.4. The molecule has 38 heavy (non-hydrogen) atoms. The fraction of sp³-hybridized carbons (Fsp3) is 0.296. The molecule has 0 aliphatic rings. The summed E-state index contributed by atoms with van der Waals surface area (Å²) in [6.45, 7) is 7.72. The van der Waals surface area contributed by atoms with Crippen LogP contribution in [0.25, 0.3) is 22.2 Å². The second kappa shape index (κ2) is 12.1. The first-order valence-corrected chi connectivity index (χ1v) is 15.7. The van der Waals surface area contributed by atoms with E-state index in [4.69, 9.17) is 15.5 Å². The van der Waals surface area contributed by atoms with Crippen molar-refractivity contribution in [2.75, 3.05) is 6.61 Å². The van der Waals surface area contributed by atoms with Crippen LogP contribution < -0.4 is 5.73 Å². The van der Waals surface area contributed by atoms with E-state index in [1.165, 1.54) is 18.2 Å². The third-order valence-electron chi connectivity index (χ3n) is 6.02. The number of carboxylic acid groups (broad SMARTS) is 1. The molecule has 202 valence electrons. The molecule has 0 radical (unpaired) electrons. The number of nitrogens with two attached hydrogens (primary N) is 1. The minimum atomic E-state index is -1.24. The van der Waals surface area contributed by atoms with E-state index in [0.717, 1.165) is 12.1 Å². The lowest BCUT2D eigenvalue weighted by Gasteiger charge is -2.18. The Morgan fingerprint density at radius 1 is 1.13 bits per heavy atom. The number of halogens is 3. The van der Waals surface area contributed by atoms with Gasteiger partial charge in [-0.15, -0.1) is 12.4 Å². The highest BCUT2D eigenvalue weighted by Crippen LogP contribution is 2.32. The van der Waals surface area contributed by atoms with Gasteiger partial charge in [0.05, 0.1) is 29.0 Å².